The summed E-state index contributed by atoms with van der Waals surface area (Å²) in [4.78, 5) is 4.23. The summed E-state index contributed by atoms with van der Waals surface area (Å²) in [6.07, 6.45) is 0.0222. The molecule has 87 valence electrons. The molecule has 0 aromatic heterocycles. The van der Waals surface area contributed by atoms with Crippen molar-refractivity contribution in [1.82, 2.24) is 0 Å². The van der Waals surface area contributed by atoms with E-state index < -0.39 is 0 Å². The van der Waals surface area contributed by atoms with Crippen LogP contribution in [0.25, 0.3) is 0 Å². The number of rotatable bonds is 4. The molecule has 0 N–H and O–H groups in total. The number of anilines is 2. The first kappa shape index (κ1) is 13.1. The van der Waals surface area contributed by atoms with Gasteiger partial charge in [0, 0.05) is 33.8 Å². The Morgan fingerprint density at radius 2 is 1.75 bits per heavy atom. The lowest BCUT2D eigenvalue weighted by molar-refractivity contribution is 0.251. The molecule has 1 atom stereocenters. The van der Waals surface area contributed by atoms with E-state index in [2.05, 4.69) is 38.5 Å². The van der Waals surface area contributed by atoms with Gasteiger partial charge in [-0.3, -0.25) is 0 Å². The second-order valence-corrected chi connectivity index (χ2v) is 4.50. The monoisotopic (exact) mass is 235 g/mol. The zero-order valence-electron chi connectivity index (χ0n) is 10.6. The van der Waals surface area contributed by atoms with Gasteiger partial charge in [0.1, 0.15) is 0 Å². The summed E-state index contributed by atoms with van der Waals surface area (Å²) in [6, 6.07) is 6.26. The van der Waals surface area contributed by atoms with Crippen molar-refractivity contribution in [2.75, 3.05) is 38.0 Å². The lowest BCUT2D eigenvalue weighted by atomic mass is 10.1. The van der Waals surface area contributed by atoms with E-state index in [1.54, 1.807) is 0 Å². The van der Waals surface area contributed by atoms with Crippen molar-refractivity contribution < 1.29 is 4.43 Å². The van der Waals surface area contributed by atoms with Crippen LogP contribution in [0.3, 0.4) is 0 Å². The molecule has 0 spiro atoms. The van der Waals surface area contributed by atoms with Crippen LogP contribution in [0.4, 0.5) is 11.4 Å². The van der Waals surface area contributed by atoms with E-state index in [0.29, 0.717) is 0 Å². The fourth-order valence-corrected chi connectivity index (χ4v) is 1.92. The molecule has 0 fully saturated rings. The summed E-state index contributed by atoms with van der Waals surface area (Å²) in [6.45, 7) is 2.02. The normalized spacial score (nSPS) is 12.4. The molecule has 0 saturated carbocycles. The summed E-state index contributed by atoms with van der Waals surface area (Å²) >= 11 is 0. The van der Waals surface area contributed by atoms with Crippen LogP contribution in [0, 0.1) is 0 Å². The number of benzene rings is 1. The van der Waals surface area contributed by atoms with Crippen molar-refractivity contribution in [2.24, 2.45) is 0 Å². The molecule has 3 radical (unpaired) electrons. The summed E-state index contributed by atoms with van der Waals surface area (Å²) in [7, 11) is 11.3. The molecular weight excluding hydrogens is 216 g/mol. The van der Waals surface area contributed by atoms with Gasteiger partial charge in [-0.2, -0.15) is 0 Å². The molecule has 0 aliphatic carbocycles. The maximum Gasteiger partial charge on any atom is 0.247 e. The molecule has 0 heterocycles. The minimum atomic E-state index is 0.0222. The van der Waals surface area contributed by atoms with E-state index in [1.807, 2.05) is 35.1 Å². The smallest absolute Gasteiger partial charge is 0.247 e. The van der Waals surface area contributed by atoms with Gasteiger partial charge in [0.05, 0.1) is 17.5 Å². The molecule has 1 aromatic carbocycles. The van der Waals surface area contributed by atoms with Crippen molar-refractivity contribution in [2.45, 2.75) is 13.0 Å². The largest absolute Gasteiger partial charge is 0.412 e. The van der Waals surface area contributed by atoms with Crippen LogP contribution >= 0.6 is 0 Å². The van der Waals surface area contributed by atoms with Crippen LogP contribution in [0.1, 0.15) is 18.6 Å². The van der Waals surface area contributed by atoms with Gasteiger partial charge in [-0.1, -0.05) is 12.1 Å². The highest BCUT2D eigenvalue weighted by Crippen LogP contribution is 2.35. The van der Waals surface area contributed by atoms with E-state index in [9.17, 15) is 0 Å². The highest BCUT2D eigenvalue weighted by molar-refractivity contribution is 5.98. The van der Waals surface area contributed by atoms with Gasteiger partial charge in [-0.25, -0.2) is 0 Å². The predicted molar refractivity (Wildman–Crippen MR) is 70.4 cm³/mol. The fraction of sp³-hybridized carbons (Fsp3) is 0.500. The molecule has 3 nitrogen and oxygen atoms in total. The topological polar surface area (TPSA) is 15.7 Å². The SMILES string of the molecule is CC(O[Si])c1cccc(N(C)C)c1N(C)C. The zero-order chi connectivity index (χ0) is 12.3. The third-order valence-electron chi connectivity index (χ3n) is 2.59. The minimum Gasteiger partial charge on any atom is -0.412 e. The number of hydrogen-bond acceptors (Lipinski definition) is 3. The van der Waals surface area contributed by atoms with Crippen LogP contribution in [-0.2, 0) is 4.43 Å². The quantitative estimate of drug-likeness (QED) is 0.742. The predicted octanol–water partition coefficient (Wildman–Crippen LogP) is 1.98. The minimum absolute atomic E-state index is 0.0222. The molecule has 0 saturated heterocycles. The van der Waals surface area contributed by atoms with Gasteiger partial charge in [-0.15, -0.1) is 0 Å². The standard InChI is InChI=1S/C12H19N2OSi/c1-9(15-16)10-7-6-8-11(13(2)3)12(10)14(4)5/h6-9H,1-5H3. The van der Waals surface area contributed by atoms with Crippen LogP contribution < -0.4 is 9.80 Å². The van der Waals surface area contributed by atoms with Gasteiger partial charge in [0.2, 0.25) is 10.5 Å². The fourth-order valence-electron chi connectivity index (χ4n) is 1.79. The third kappa shape index (κ3) is 2.57. The third-order valence-corrected chi connectivity index (χ3v) is 2.94. The summed E-state index contributed by atoms with van der Waals surface area (Å²) in [5, 5.41) is 0. The Bertz CT molecular complexity index is 353. The molecule has 16 heavy (non-hydrogen) atoms. The highest BCUT2D eigenvalue weighted by atomic mass is 28.2. The molecule has 0 aliphatic heterocycles. The van der Waals surface area contributed by atoms with Crippen LogP contribution in [0.2, 0.25) is 0 Å². The van der Waals surface area contributed by atoms with Crippen LogP contribution in [-0.4, -0.2) is 38.7 Å². The van der Waals surface area contributed by atoms with Crippen LogP contribution in [0.5, 0.6) is 0 Å². The molecule has 0 amide bonds. The molecular formula is C12H19N2OSi. The van der Waals surface area contributed by atoms with Crippen molar-refractivity contribution in [3.63, 3.8) is 0 Å². The van der Waals surface area contributed by atoms with E-state index in [0.717, 1.165) is 0 Å². The van der Waals surface area contributed by atoms with Crippen LogP contribution in [0.15, 0.2) is 18.2 Å². The molecule has 4 heteroatoms. The summed E-state index contributed by atoms with van der Waals surface area (Å²) < 4.78 is 5.22. The highest BCUT2D eigenvalue weighted by Gasteiger charge is 2.15. The van der Waals surface area contributed by atoms with E-state index >= 15 is 0 Å². The first-order valence-electron chi connectivity index (χ1n) is 5.29. The molecule has 1 aromatic rings. The summed E-state index contributed by atoms with van der Waals surface area (Å²) in [5.74, 6) is 0. The Morgan fingerprint density at radius 3 is 2.19 bits per heavy atom. The first-order chi connectivity index (χ1) is 7.49. The van der Waals surface area contributed by atoms with E-state index in [4.69, 9.17) is 4.43 Å². The number of hydrogen-bond donors (Lipinski definition) is 0. The Morgan fingerprint density at radius 1 is 1.12 bits per heavy atom. The Labute approximate surface area is 102 Å². The van der Waals surface area contributed by atoms with E-state index in [-0.39, 0.29) is 6.10 Å². The average Bonchev–Trinajstić information content (AvgIpc) is 2.26. The van der Waals surface area contributed by atoms with Gasteiger partial charge < -0.3 is 14.2 Å². The maximum atomic E-state index is 5.22. The lowest BCUT2D eigenvalue weighted by Gasteiger charge is -2.27. The molecule has 1 unspecified atom stereocenters. The Balaban J connectivity index is 3.32. The second kappa shape index (κ2) is 5.36. The Kier molecular flexibility index (Phi) is 4.38. The maximum absolute atomic E-state index is 5.22. The van der Waals surface area contributed by atoms with Gasteiger partial charge >= 0.3 is 0 Å². The molecule has 0 bridgehead atoms. The van der Waals surface area contributed by atoms with E-state index in [1.165, 1.54) is 16.9 Å². The van der Waals surface area contributed by atoms with Gasteiger partial charge in [0.25, 0.3) is 0 Å². The molecule has 0 aliphatic rings. The number of para-hydroxylation sites is 1. The second-order valence-electron chi connectivity index (χ2n) is 4.26. The lowest BCUT2D eigenvalue weighted by Crippen LogP contribution is -2.19. The summed E-state index contributed by atoms with van der Waals surface area (Å²) in [5.41, 5.74) is 3.56. The van der Waals surface area contributed by atoms with Gasteiger partial charge in [0.15, 0.2) is 0 Å². The number of nitrogens with zero attached hydrogens (tertiary/aromatic N) is 2. The molecule has 1 rings (SSSR count). The van der Waals surface area contributed by atoms with Crippen molar-refractivity contribution in [1.29, 1.82) is 0 Å². The Hall–Kier alpha value is -1.00. The van der Waals surface area contributed by atoms with Gasteiger partial charge in [-0.05, 0) is 13.0 Å². The van der Waals surface area contributed by atoms with Crippen molar-refractivity contribution >= 4 is 21.9 Å². The van der Waals surface area contributed by atoms with Crippen molar-refractivity contribution in [3.05, 3.63) is 23.8 Å². The zero-order valence-corrected chi connectivity index (χ0v) is 11.6. The first-order valence-corrected chi connectivity index (χ1v) is 5.69. The van der Waals surface area contributed by atoms with Crippen molar-refractivity contribution in [3.8, 4) is 0 Å². The average molecular weight is 235 g/mol.